The molecular weight excluding hydrogens is 316 g/mol. The minimum Gasteiger partial charge on any atom is -0.462 e. The van der Waals surface area contributed by atoms with E-state index in [-0.39, 0.29) is 18.8 Å². The molecule has 138 valence electrons. The summed E-state index contributed by atoms with van der Waals surface area (Å²) in [4.78, 5) is 22.2. The van der Waals surface area contributed by atoms with Crippen LogP contribution in [0.15, 0.2) is 24.3 Å². The van der Waals surface area contributed by atoms with Gasteiger partial charge < -0.3 is 24.1 Å². The van der Waals surface area contributed by atoms with Gasteiger partial charge in [0.25, 0.3) is 0 Å². The van der Waals surface area contributed by atoms with Crippen LogP contribution < -0.4 is 0 Å². The molecule has 0 saturated heterocycles. The highest BCUT2D eigenvalue weighted by Crippen LogP contribution is 1.96. The van der Waals surface area contributed by atoms with Gasteiger partial charge in [-0.25, -0.2) is 9.59 Å². The third-order valence-electron chi connectivity index (χ3n) is 2.66. The van der Waals surface area contributed by atoms with Crippen molar-refractivity contribution in [2.24, 2.45) is 0 Å². The molecule has 0 aromatic carbocycles. The zero-order valence-corrected chi connectivity index (χ0v) is 14.5. The molecule has 24 heavy (non-hydrogen) atoms. The van der Waals surface area contributed by atoms with Crippen LogP contribution in [0, 0.1) is 0 Å². The fraction of sp³-hybridized carbons (Fsp3) is 0.647. The van der Waals surface area contributed by atoms with Gasteiger partial charge in [0.05, 0.1) is 13.2 Å². The molecule has 0 saturated carbocycles. The van der Waals surface area contributed by atoms with Crippen molar-refractivity contribution in [3.63, 3.8) is 0 Å². The Labute approximate surface area is 143 Å². The summed E-state index contributed by atoms with van der Waals surface area (Å²) >= 11 is 0. The van der Waals surface area contributed by atoms with E-state index in [1.54, 1.807) is 6.92 Å². The Kier molecular flexibility index (Phi) is 12.7. The Hall–Kier alpha value is -1.70. The number of aliphatic hydroxyl groups excluding tert-OH is 1. The maximum atomic E-state index is 11.1. The van der Waals surface area contributed by atoms with Crippen LogP contribution in [0.4, 0.5) is 0 Å². The Balaban J connectivity index is 3.36. The minimum atomic E-state index is -0.864. The van der Waals surface area contributed by atoms with E-state index in [9.17, 15) is 14.7 Å². The van der Waals surface area contributed by atoms with Crippen molar-refractivity contribution in [1.82, 2.24) is 0 Å². The quantitative estimate of drug-likeness (QED) is 0.289. The van der Waals surface area contributed by atoms with Gasteiger partial charge in [-0.05, 0) is 20.3 Å². The molecule has 0 aromatic rings. The first-order valence-corrected chi connectivity index (χ1v) is 7.83. The third-order valence-corrected chi connectivity index (χ3v) is 2.66. The summed E-state index contributed by atoms with van der Waals surface area (Å²) in [6.07, 6.45) is 0.425. The van der Waals surface area contributed by atoms with Crippen LogP contribution in [0.2, 0.25) is 0 Å². The number of hydrogen-bond donors (Lipinski definition) is 1. The highest BCUT2D eigenvalue weighted by atomic mass is 16.6. The largest absolute Gasteiger partial charge is 0.462 e. The molecule has 7 heteroatoms. The summed E-state index contributed by atoms with van der Waals surface area (Å²) in [6, 6.07) is 0. The van der Waals surface area contributed by atoms with Gasteiger partial charge in [-0.1, -0.05) is 13.2 Å². The van der Waals surface area contributed by atoms with Crippen LogP contribution in [-0.2, 0) is 28.5 Å². The Morgan fingerprint density at radius 2 is 1.33 bits per heavy atom. The van der Waals surface area contributed by atoms with Gasteiger partial charge in [0.2, 0.25) is 0 Å². The summed E-state index contributed by atoms with van der Waals surface area (Å²) in [5, 5.41) is 9.55. The average Bonchev–Trinajstić information content (AvgIpc) is 2.53. The number of esters is 2. The maximum absolute atomic E-state index is 11.1. The molecule has 7 nitrogen and oxygen atoms in total. The fourth-order valence-electron chi connectivity index (χ4n) is 1.38. The number of carbonyl (C=O) groups excluding carboxylic acids is 2. The van der Waals surface area contributed by atoms with E-state index in [4.69, 9.17) is 18.9 Å². The first-order chi connectivity index (χ1) is 11.3. The van der Waals surface area contributed by atoms with Crippen molar-refractivity contribution in [3.8, 4) is 0 Å². The molecule has 0 spiro atoms. The Morgan fingerprint density at radius 1 is 0.833 bits per heavy atom. The number of ether oxygens (including phenoxy) is 4. The van der Waals surface area contributed by atoms with Crippen LogP contribution in [0.3, 0.4) is 0 Å². The third kappa shape index (κ3) is 12.8. The van der Waals surface area contributed by atoms with E-state index in [0.29, 0.717) is 44.8 Å². The van der Waals surface area contributed by atoms with Gasteiger partial charge in [0, 0.05) is 37.4 Å². The summed E-state index contributed by atoms with van der Waals surface area (Å²) < 4.78 is 20.3. The van der Waals surface area contributed by atoms with Gasteiger partial charge in [0.15, 0.2) is 0 Å². The second kappa shape index (κ2) is 13.7. The highest BCUT2D eigenvalue weighted by Gasteiger charge is 2.09. The molecule has 0 fully saturated rings. The molecule has 0 aliphatic heterocycles. The second-order valence-electron chi connectivity index (χ2n) is 5.34. The maximum Gasteiger partial charge on any atom is 0.333 e. The van der Waals surface area contributed by atoms with Gasteiger partial charge in [0.1, 0.15) is 12.7 Å². The standard InChI is InChI=1S/C17H28O7/c1-13(2)16(19)23-10-6-8-21-7-5-9-22-11-15(18)12-24-17(20)14(3)4/h15,18H,1,3,5-12H2,2,4H3. The predicted octanol–water partition coefficient (Wildman–Crippen LogP) is 1.40. The first-order valence-electron chi connectivity index (χ1n) is 7.83. The van der Waals surface area contributed by atoms with Gasteiger partial charge >= 0.3 is 11.9 Å². The van der Waals surface area contributed by atoms with Crippen LogP contribution in [0.5, 0.6) is 0 Å². The first kappa shape index (κ1) is 22.3. The van der Waals surface area contributed by atoms with Crippen molar-refractivity contribution < 1.29 is 33.6 Å². The summed E-state index contributed by atoms with van der Waals surface area (Å²) in [5.41, 5.74) is 0.666. The highest BCUT2D eigenvalue weighted by molar-refractivity contribution is 5.87. The molecule has 0 aliphatic rings. The lowest BCUT2D eigenvalue weighted by molar-refractivity contribution is -0.143. The van der Waals surface area contributed by atoms with E-state index in [0.717, 1.165) is 0 Å². The van der Waals surface area contributed by atoms with Crippen LogP contribution in [-0.4, -0.2) is 62.8 Å². The monoisotopic (exact) mass is 344 g/mol. The van der Waals surface area contributed by atoms with Gasteiger partial charge in [-0.2, -0.15) is 0 Å². The molecule has 0 amide bonds. The number of carbonyl (C=O) groups is 2. The van der Waals surface area contributed by atoms with Crippen molar-refractivity contribution in [3.05, 3.63) is 24.3 Å². The molecule has 0 bridgehead atoms. The molecule has 0 radical (unpaired) electrons. The molecule has 0 aliphatic carbocycles. The second-order valence-corrected chi connectivity index (χ2v) is 5.34. The van der Waals surface area contributed by atoms with E-state index in [2.05, 4.69) is 13.2 Å². The summed E-state index contributed by atoms with van der Waals surface area (Å²) in [5.74, 6) is -0.924. The van der Waals surface area contributed by atoms with Crippen molar-refractivity contribution in [2.45, 2.75) is 32.8 Å². The van der Waals surface area contributed by atoms with Crippen LogP contribution in [0.25, 0.3) is 0 Å². The number of hydrogen-bond acceptors (Lipinski definition) is 7. The van der Waals surface area contributed by atoms with E-state index in [1.807, 2.05) is 0 Å². The summed E-state index contributed by atoms with van der Waals surface area (Å²) in [7, 11) is 0. The molecule has 1 atom stereocenters. The molecule has 0 heterocycles. The molecule has 0 rings (SSSR count). The molecule has 1 unspecified atom stereocenters. The van der Waals surface area contributed by atoms with E-state index >= 15 is 0 Å². The minimum absolute atomic E-state index is 0.0837. The van der Waals surface area contributed by atoms with Gasteiger partial charge in [-0.15, -0.1) is 0 Å². The summed E-state index contributed by atoms with van der Waals surface area (Å²) in [6.45, 7) is 11.8. The fourth-order valence-corrected chi connectivity index (χ4v) is 1.38. The van der Waals surface area contributed by atoms with Crippen LogP contribution >= 0.6 is 0 Å². The molecular formula is C17H28O7. The lowest BCUT2D eigenvalue weighted by Crippen LogP contribution is -2.24. The molecule has 0 aromatic heterocycles. The number of aliphatic hydroxyl groups is 1. The van der Waals surface area contributed by atoms with Crippen LogP contribution in [0.1, 0.15) is 26.7 Å². The zero-order chi connectivity index (χ0) is 18.4. The van der Waals surface area contributed by atoms with Crippen molar-refractivity contribution in [2.75, 3.05) is 39.6 Å². The molecule has 1 N–H and O–H groups in total. The lowest BCUT2D eigenvalue weighted by Gasteiger charge is -2.12. The lowest BCUT2D eigenvalue weighted by atomic mass is 10.3. The van der Waals surface area contributed by atoms with Crippen molar-refractivity contribution >= 4 is 11.9 Å². The predicted molar refractivity (Wildman–Crippen MR) is 88.4 cm³/mol. The topological polar surface area (TPSA) is 91.3 Å². The Bertz CT molecular complexity index is 417. The SMILES string of the molecule is C=C(C)C(=O)OCCCOCCCOCC(O)COC(=O)C(=C)C. The van der Waals surface area contributed by atoms with E-state index in [1.165, 1.54) is 6.92 Å². The normalized spacial score (nSPS) is 11.6. The average molecular weight is 344 g/mol. The smallest absolute Gasteiger partial charge is 0.333 e. The zero-order valence-electron chi connectivity index (χ0n) is 14.5. The Morgan fingerprint density at radius 3 is 1.92 bits per heavy atom. The van der Waals surface area contributed by atoms with Crippen molar-refractivity contribution in [1.29, 1.82) is 0 Å². The number of rotatable bonds is 14. The van der Waals surface area contributed by atoms with E-state index < -0.39 is 18.0 Å². The van der Waals surface area contributed by atoms with Gasteiger partial charge in [-0.3, -0.25) is 0 Å².